The molecule has 0 fully saturated rings. The largest absolute Gasteiger partial charge is 0.497 e. The van der Waals surface area contributed by atoms with Gasteiger partial charge in [0.15, 0.2) is 0 Å². The number of rotatable bonds is 4. The summed E-state index contributed by atoms with van der Waals surface area (Å²) < 4.78 is 8.96. The van der Waals surface area contributed by atoms with Crippen LogP contribution in [0.2, 0.25) is 0 Å². The van der Waals surface area contributed by atoms with Crippen molar-refractivity contribution in [3.05, 3.63) is 87.8 Å². The molecule has 2 aromatic carbocycles. The van der Waals surface area contributed by atoms with E-state index < -0.39 is 0 Å². The maximum Gasteiger partial charge on any atom is 0.252 e. The van der Waals surface area contributed by atoms with Crippen LogP contribution in [0.1, 0.15) is 16.8 Å². The minimum Gasteiger partial charge on any atom is -0.497 e. The summed E-state index contributed by atoms with van der Waals surface area (Å²) in [7, 11) is 1.64. The first-order valence-electron chi connectivity index (χ1n) is 8.86. The van der Waals surface area contributed by atoms with E-state index in [0.717, 1.165) is 39.3 Å². The van der Waals surface area contributed by atoms with Crippen LogP contribution in [0.3, 0.4) is 0 Å². The maximum atomic E-state index is 12.9. The van der Waals surface area contributed by atoms with Crippen molar-refractivity contribution in [1.82, 2.24) is 14.3 Å². The predicted octanol–water partition coefficient (Wildman–Crippen LogP) is 3.86. The first-order valence-corrected chi connectivity index (χ1v) is 8.86. The lowest BCUT2D eigenvalue weighted by Crippen LogP contribution is -2.22. The van der Waals surface area contributed by atoms with Gasteiger partial charge in [-0.3, -0.25) is 9.36 Å². The van der Waals surface area contributed by atoms with Gasteiger partial charge in [0, 0.05) is 11.5 Å². The van der Waals surface area contributed by atoms with Gasteiger partial charge in [-0.25, -0.2) is 4.68 Å². The molecule has 0 atom stereocenters. The Morgan fingerprint density at radius 3 is 2.52 bits per heavy atom. The number of benzene rings is 2. The minimum absolute atomic E-state index is 0.0418. The SMILES string of the molecule is COc1cccc(Cn2c(=O)cc(C)c3c(C)nn(-c4ccccc4)c32)c1. The van der Waals surface area contributed by atoms with Gasteiger partial charge in [-0.15, -0.1) is 0 Å². The van der Waals surface area contributed by atoms with Gasteiger partial charge in [-0.05, 0) is 49.2 Å². The van der Waals surface area contributed by atoms with Crippen molar-refractivity contribution >= 4 is 11.0 Å². The Hall–Kier alpha value is -3.34. The second-order valence-electron chi connectivity index (χ2n) is 6.63. The Balaban J connectivity index is 1.98. The molecule has 27 heavy (non-hydrogen) atoms. The van der Waals surface area contributed by atoms with Crippen molar-refractivity contribution in [1.29, 1.82) is 0 Å². The molecular formula is C22H21N3O2. The van der Waals surface area contributed by atoms with Gasteiger partial charge in [0.25, 0.3) is 5.56 Å². The van der Waals surface area contributed by atoms with Crippen LogP contribution in [0.25, 0.3) is 16.7 Å². The van der Waals surface area contributed by atoms with Crippen LogP contribution < -0.4 is 10.3 Å². The highest BCUT2D eigenvalue weighted by atomic mass is 16.5. The molecule has 0 saturated heterocycles. The van der Waals surface area contributed by atoms with E-state index in [1.54, 1.807) is 17.7 Å². The van der Waals surface area contributed by atoms with Crippen molar-refractivity contribution in [2.45, 2.75) is 20.4 Å². The van der Waals surface area contributed by atoms with E-state index in [9.17, 15) is 4.79 Å². The topological polar surface area (TPSA) is 49.1 Å². The number of ether oxygens (including phenoxy) is 1. The van der Waals surface area contributed by atoms with Crippen molar-refractivity contribution in [3.8, 4) is 11.4 Å². The van der Waals surface area contributed by atoms with Crippen molar-refractivity contribution in [2.75, 3.05) is 7.11 Å². The van der Waals surface area contributed by atoms with E-state index in [4.69, 9.17) is 9.84 Å². The average Bonchev–Trinajstić information content (AvgIpc) is 3.03. The summed E-state index contributed by atoms with van der Waals surface area (Å²) in [6.07, 6.45) is 0. The molecule has 4 aromatic rings. The van der Waals surface area contributed by atoms with Crippen molar-refractivity contribution in [2.24, 2.45) is 0 Å². The highest BCUT2D eigenvalue weighted by Gasteiger charge is 2.17. The van der Waals surface area contributed by atoms with E-state index in [0.29, 0.717) is 6.54 Å². The second kappa shape index (κ2) is 6.76. The number of aromatic nitrogens is 3. The molecule has 136 valence electrons. The summed E-state index contributed by atoms with van der Waals surface area (Å²) in [5.74, 6) is 0.775. The highest BCUT2D eigenvalue weighted by Crippen LogP contribution is 2.24. The van der Waals surface area contributed by atoms with Crippen LogP contribution in [0.5, 0.6) is 5.75 Å². The zero-order valence-electron chi connectivity index (χ0n) is 15.6. The summed E-state index contributed by atoms with van der Waals surface area (Å²) in [6, 6.07) is 19.4. The Bertz CT molecular complexity index is 1170. The van der Waals surface area contributed by atoms with Gasteiger partial charge in [0.2, 0.25) is 0 Å². The van der Waals surface area contributed by atoms with Crippen LogP contribution in [0.15, 0.2) is 65.5 Å². The average molecular weight is 359 g/mol. The molecular weight excluding hydrogens is 338 g/mol. The number of methoxy groups -OCH3 is 1. The molecule has 0 N–H and O–H groups in total. The molecule has 0 radical (unpaired) electrons. The van der Waals surface area contributed by atoms with Gasteiger partial charge in [0.05, 0.1) is 25.0 Å². The third kappa shape index (κ3) is 3.01. The first-order chi connectivity index (χ1) is 13.1. The lowest BCUT2D eigenvalue weighted by molar-refractivity contribution is 0.414. The molecule has 0 bridgehead atoms. The predicted molar refractivity (Wildman–Crippen MR) is 107 cm³/mol. The van der Waals surface area contributed by atoms with E-state index in [2.05, 4.69) is 0 Å². The Morgan fingerprint density at radius 2 is 1.78 bits per heavy atom. The maximum absolute atomic E-state index is 12.9. The van der Waals surface area contributed by atoms with Crippen molar-refractivity contribution < 1.29 is 4.74 Å². The summed E-state index contributed by atoms with van der Waals surface area (Å²) in [4.78, 5) is 12.9. The first kappa shape index (κ1) is 17.1. The number of para-hydroxylation sites is 1. The third-order valence-corrected chi connectivity index (χ3v) is 4.77. The molecule has 5 nitrogen and oxygen atoms in total. The zero-order valence-corrected chi connectivity index (χ0v) is 15.6. The second-order valence-corrected chi connectivity index (χ2v) is 6.63. The Morgan fingerprint density at radius 1 is 1.00 bits per heavy atom. The lowest BCUT2D eigenvalue weighted by Gasteiger charge is -2.13. The fraction of sp³-hybridized carbons (Fsp3) is 0.182. The van der Waals surface area contributed by atoms with Gasteiger partial charge >= 0.3 is 0 Å². The molecule has 0 saturated carbocycles. The fourth-order valence-corrected chi connectivity index (χ4v) is 3.52. The lowest BCUT2D eigenvalue weighted by atomic mass is 10.1. The monoisotopic (exact) mass is 359 g/mol. The van der Waals surface area contributed by atoms with E-state index in [-0.39, 0.29) is 5.56 Å². The summed E-state index contributed by atoms with van der Waals surface area (Å²) >= 11 is 0. The molecule has 0 amide bonds. The van der Waals surface area contributed by atoms with Crippen LogP contribution in [-0.4, -0.2) is 21.5 Å². The quantitative estimate of drug-likeness (QED) is 0.556. The van der Waals surface area contributed by atoms with Crippen LogP contribution in [0, 0.1) is 13.8 Å². The smallest absolute Gasteiger partial charge is 0.252 e. The molecule has 0 aliphatic heterocycles. The van der Waals surface area contributed by atoms with Gasteiger partial charge in [-0.1, -0.05) is 30.3 Å². The van der Waals surface area contributed by atoms with Gasteiger partial charge in [0.1, 0.15) is 11.4 Å². The molecule has 5 heteroatoms. The fourth-order valence-electron chi connectivity index (χ4n) is 3.52. The Labute approximate surface area is 157 Å². The normalized spacial score (nSPS) is 11.1. The molecule has 4 rings (SSSR count). The molecule has 0 spiro atoms. The van der Waals surface area contributed by atoms with Gasteiger partial charge < -0.3 is 4.74 Å². The van der Waals surface area contributed by atoms with Crippen LogP contribution in [0.4, 0.5) is 0 Å². The minimum atomic E-state index is -0.0418. The molecule has 2 aromatic heterocycles. The molecule has 2 heterocycles. The number of hydrogen-bond donors (Lipinski definition) is 0. The highest BCUT2D eigenvalue weighted by molar-refractivity contribution is 5.83. The summed E-state index contributed by atoms with van der Waals surface area (Å²) in [5, 5.41) is 5.75. The number of pyridine rings is 1. The van der Waals surface area contributed by atoms with Crippen LogP contribution >= 0.6 is 0 Å². The molecule has 0 aliphatic carbocycles. The third-order valence-electron chi connectivity index (χ3n) is 4.77. The number of nitrogens with zero attached hydrogens (tertiary/aromatic N) is 3. The Kier molecular flexibility index (Phi) is 4.28. The molecule has 0 aliphatic rings. The van der Waals surface area contributed by atoms with E-state index in [1.165, 1.54) is 0 Å². The standard InChI is InChI=1S/C22H21N3O2/c1-15-12-20(26)24(14-17-8-7-11-19(13-17)27-3)22-21(15)16(2)23-25(22)18-9-5-4-6-10-18/h4-13H,14H2,1-3H3. The zero-order chi connectivity index (χ0) is 19.0. The molecule has 0 unspecified atom stereocenters. The van der Waals surface area contributed by atoms with E-state index >= 15 is 0 Å². The van der Waals surface area contributed by atoms with Crippen LogP contribution in [-0.2, 0) is 6.54 Å². The number of hydrogen-bond acceptors (Lipinski definition) is 3. The number of aryl methyl sites for hydroxylation is 2. The summed E-state index contributed by atoms with van der Waals surface area (Å²) in [6.45, 7) is 4.39. The van der Waals surface area contributed by atoms with E-state index in [1.807, 2.05) is 73.1 Å². The number of fused-ring (bicyclic) bond motifs is 1. The van der Waals surface area contributed by atoms with Crippen molar-refractivity contribution in [3.63, 3.8) is 0 Å². The van der Waals surface area contributed by atoms with Gasteiger partial charge in [-0.2, -0.15) is 5.10 Å². The summed E-state index contributed by atoms with van der Waals surface area (Å²) in [5.41, 5.74) is 4.55.